The van der Waals surface area contributed by atoms with Gasteiger partial charge in [-0.1, -0.05) is 25.2 Å². The van der Waals surface area contributed by atoms with Crippen molar-refractivity contribution in [1.82, 2.24) is 0 Å². The van der Waals surface area contributed by atoms with E-state index in [0.717, 1.165) is 19.3 Å². The molecule has 0 fully saturated rings. The lowest BCUT2D eigenvalue weighted by molar-refractivity contribution is -0.151. The van der Waals surface area contributed by atoms with E-state index >= 15 is 0 Å². The molecule has 2 heteroatoms. The Balaban J connectivity index is 2.58. The molecule has 0 atom stereocenters. The molecule has 78 valence electrons. The third-order valence-electron chi connectivity index (χ3n) is 2.45. The maximum absolute atomic E-state index is 11.6. The van der Waals surface area contributed by atoms with Gasteiger partial charge in [0.25, 0.3) is 0 Å². The van der Waals surface area contributed by atoms with Crippen molar-refractivity contribution in [3.63, 3.8) is 0 Å². The van der Waals surface area contributed by atoms with Gasteiger partial charge in [-0.05, 0) is 33.1 Å². The first-order valence-corrected chi connectivity index (χ1v) is 5.15. The number of hydrogen-bond acceptors (Lipinski definition) is 2. The summed E-state index contributed by atoms with van der Waals surface area (Å²) < 4.78 is 5.37. The van der Waals surface area contributed by atoms with Gasteiger partial charge in [0.2, 0.25) is 0 Å². The highest BCUT2D eigenvalue weighted by atomic mass is 16.6. The minimum atomic E-state index is -0.358. The van der Waals surface area contributed by atoms with Crippen LogP contribution in [-0.4, -0.2) is 11.6 Å². The van der Waals surface area contributed by atoms with Crippen molar-refractivity contribution in [3.8, 4) is 0 Å². The van der Waals surface area contributed by atoms with Gasteiger partial charge in [-0.3, -0.25) is 0 Å². The first-order chi connectivity index (χ1) is 6.55. The van der Waals surface area contributed by atoms with Crippen LogP contribution in [0.15, 0.2) is 23.8 Å². The number of rotatable bonds is 3. The Morgan fingerprint density at radius 2 is 2.21 bits per heavy atom. The summed E-state index contributed by atoms with van der Waals surface area (Å²) >= 11 is 0. The number of ether oxygens (including phenoxy) is 1. The molecule has 0 heterocycles. The fourth-order valence-corrected chi connectivity index (χ4v) is 1.15. The molecule has 14 heavy (non-hydrogen) atoms. The van der Waals surface area contributed by atoms with E-state index in [-0.39, 0.29) is 11.6 Å². The van der Waals surface area contributed by atoms with E-state index < -0.39 is 0 Å². The molecular weight excluding hydrogens is 176 g/mol. The van der Waals surface area contributed by atoms with E-state index in [9.17, 15) is 4.79 Å². The third-order valence-corrected chi connectivity index (χ3v) is 2.45. The molecule has 0 bridgehead atoms. The van der Waals surface area contributed by atoms with Gasteiger partial charge in [0, 0.05) is 0 Å². The van der Waals surface area contributed by atoms with Crippen LogP contribution in [0.3, 0.4) is 0 Å². The largest absolute Gasteiger partial charge is 0.456 e. The maximum atomic E-state index is 11.6. The Kier molecular flexibility index (Phi) is 3.50. The second-order valence-corrected chi connectivity index (χ2v) is 4.14. The topological polar surface area (TPSA) is 26.3 Å². The zero-order valence-corrected chi connectivity index (χ0v) is 9.17. The first kappa shape index (κ1) is 11.0. The summed E-state index contributed by atoms with van der Waals surface area (Å²) in [5.41, 5.74) is 0.334. The third kappa shape index (κ3) is 3.02. The Morgan fingerprint density at radius 3 is 2.71 bits per heavy atom. The summed E-state index contributed by atoms with van der Waals surface area (Å²) in [4.78, 5) is 11.6. The van der Waals surface area contributed by atoms with E-state index in [1.165, 1.54) is 0 Å². The molecule has 0 saturated heterocycles. The zero-order valence-electron chi connectivity index (χ0n) is 9.17. The van der Waals surface area contributed by atoms with Crippen LogP contribution >= 0.6 is 0 Å². The fourth-order valence-electron chi connectivity index (χ4n) is 1.15. The first-order valence-electron chi connectivity index (χ1n) is 5.15. The molecule has 1 aliphatic carbocycles. The molecule has 0 aliphatic heterocycles. The predicted octanol–water partition coefficient (Wildman–Crippen LogP) is 2.99. The van der Waals surface area contributed by atoms with Crippen molar-refractivity contribution < 1.29 is 9.53 Å². The lowest BCUT2D eigenvalue weighted by Crippen LogP contribution is -2.27. The molecule has 0 aromatic heterocycles. The van der Waals surface area contributed by atoms with Crippen LogP contribution in [0.5, 0.6) is 0 Å². The normalized spacial score (nSPS) is 16.4. The Morgan fingerprint density at radius 1 is 1.50 bits per heavy atom. The summed E-state index contributed by atoms with van der Waals surface area (Å²) in [6, 6.07) is 0. The number of allylic oxidation sites excluding steroid dienone is 2. The lowest BCUT2D eigenvalue weighted by Gasteiger charge is -2.23. The molecule has 0 aromatic rings. The van der Waals surface area contributed by atoms with Crippen LogP contribution in [-0.2, 0) is 9.53 Å². The minimum Gasteiger partial charge on any atom is -0.456 e. The molecule has 2 nitrogen and oxygen atoms in total. The second kappa shape index (κ2) is 4.45. The molecule has 0 unspecified atom stereocenters. The molecule has 0 N–H and O–H groups in total. The lowest BCUT2D eigenvalue weighted by atomic mass is 10.1. The van der Waals surface area contributed by atoms with Gasteiger partial charge in [-0.2, -0.15) is 0 Å². The smallest absolute Gasteiger partial charge is 0.338 e. The van der Waals surface area contributed by atoms with E-state index in [2.05, 4.69) is 0 Å². The van der Waals surface area contributed by atoms with Crippen molar-refractivity contribution in [1.29, 1.82) is 0 Å². The summed E-state index contributed by atoms with van der Waals surface area (Å²) in [5.74, 6) is -0.201. The minimum absolute atomic E-state index is 0.201. The van der Waals surface area contributed by atoms with Gasteiger partial charge in [0.15, 0.2) is 0 Å². The highest BCUT2D eigenvalue weighted by Gasteiger charge is 2.22. The quantitative estimate of drug-likeness (QED) is 0.645. The summed E-state index contributed by atoms with van der Waals surface area (Å²) in [5, 5.41) is 0. The predicted molar refractivity (Wildman–Crippen MR) is 56.9 cm³/mol. The summed E-state index contributed by atoms with van der Waals surface area (Å²) in [6.07, 6.45) is 8.58. The molecule has 0 spiro atoms. The molecule has 0 aromatic carbocycles. The molecule has 0 radical (unpaired) electrons. The Hall–Kier alpha value is -1.05. The van der Waals surface area contributed by atoms with Gasteiger partial charge in [-0.15, -0.1) is 0 Å². The Labute approximate surface area is 85.6 Å². The van der Waals surface area contributed by atoms with Crippen molar-refractivity contribution in [3.05, 3.63) is 23.8 Å². The van der Waals surface area contributed by atoms with E-state index in [4.69, 9.17) is 4.74 Å². The van der Waals surface area contributed by atoms with Gasteiger partial charge in [-0.25, -0.2) is 4.79 Å². The zero-order chi connectivity index (χ0) is 10.6. The van der Waals surface area contributed by atoms with Crippen molar-refractivity contribution in [2.75, 3.05) is 0 Å². The molecular formula is C12H18O2. The van der Waals surface area contributed by atoms with E-state index in [0.29, 0.717) is 5.57 Å². The van der Waals surface area contributed by atoms with Crippen LogP contribution in [0.2, 0.25) is 0 Å². The van der Waals surface area contributed by atoms with E-state index in [1.54, 1.807) is 0 Å². The monoisotopic (exact) mass is 194 g/mol. The number of carbonyl (C=O) groups excluding carboxylic acids is 1. The second-order valence-electron chi connectivity index (χ2n) is 4.14. The van der Waals surface area contributed by atoms with Crippen molar-refractivity contribution in [2.45, 2.75) is 45.6 Å². The highest BCUT2D eigenvalue weighted by Crippen LogP contribution is 2.18. The summed E-state index contributed by atoms with van der Waals surface area (Å²) in [6.45, 7) is 5.87. The van der Waals surface area contributed by atoms with Crippen LogP contribution in [0.1, 0.15) is 40.0 Å². The SMILES string of the molecule is CCC(C)(C)OC(=O)C1=CCCC=C1. The van der Waals surface area contributed by atoms with Gasteiger partial charge in [0.05, 0.1) is 5.57 Å². The maximum Gasteiger partial charge on any atom is 0.338 e. The van der Waals surface area contributed by atoms with E-state index in [1.807, 2.05) is 39.0 Å². The van der Waals surface area contributed by atoms with Crippen LogP contribution in [0, 0.1) is 0 Å². The highest BCUT2D eigenvalue weighted by molar-refractivity contribution is 5.92. The van der Waals surface area contributed by atoms with Gasteiger partial charge >= 0.3 is 5.97 Å². The average molecular weight is 194 g/mol. The molecule has 0 saturated carbocycles. The number of carbonyl (C=O) groups is 1. The molecule has 0 amide bonds. The Bertz CT molecular complexity index is 272. The summed E-state index contributed by atoms with van der Waals surface area (Å²) in [7, 11) is 0. The van der Waals surface area contributed by atoms with Crippen LogP contribution in [0.4, 0.5) is 0 Å². The van der Waals surface area contributed by atoms with Gasteiger partial charge in [0.1, 0.15) is 5.60 Å². The molecule has 1 aliphatic rings. The van der Waals surface area contributed by atoms with Crippen LogP contribution in [0.25, 0.3) is 0 Å². The average Bonchev–Trinajstić information content (AvgIpc) is 2.19. The number of hydrogen-bond donors (Lipinski definition) is 0. The molecule has 1 rings (SSSR count). The van der Waals surface area contributed by atoms with Gasteiger partial charge < -0.3 is 4.74 Å². The van der Waals surface area contributed by atoms with Crippen molar-refractivity contribution in [2.24, 2.45) is 0 Å². The standard InChI is InChI=1S/C12H18O2/c1-4-12(2,3)14-11(13)10-8-6-5-7-9-10/h6,8-9H,4-5,7H2,1-3H3. The number of esters is 1. The van der Waals surface area contributed by atoms with Crippen LogP contribution < -0.4 is 0 Å². The fraction of sp³-hybridized carbons (Fsp3) is 0.583. The van der Waals surface area contributed by atoms with Crippen molar-refractivity contribution >= 4 is 5.97 Å².